The zero-order chi connectivity index (χ0) is 14.4. The minimum absolute atomic E-state index is 0.00283. The van der Waals surface area contributed by atoms with Crippen LogP contribution in [0.25, 0.3) is 0 Å². The molecule has 0 spiro atoms. The molecule has 1 aromatic carbocycles. The van der Waals surface area contributed by atoms with Gasteiger partial charge >= 0.3 is 0 Å². The lowest BCUT2D eigenvalue weighted by Crippen LogP contribution is -2.22. The summed E-state index contributed by atoms with van der Waals surface area (Å²) in [5.41, 5.74) is 0.644. The van der Waals surface area contributed by atoms with Crippen molar-refractivity contribution < 1.29 is 14.6 Å². The Labute approximate surface area is 119 Å². The number of nitrogens with one attached hydrogen (secondary N) is 1. The zero-order valence-electron chi connectivity index (χ0n) is 11.9. The molecule has 0 bridgehead atoms. The van der Waals surface area contributed by atoms with Crippen LogP contribution in [-0.2, 0) is 4.79 Å². The molecule has 0 radical (unpaired) electrons. The molecule has 1 saturated heterocycles. The van der Waals surface area contributed by atoms with Gasteiger partial charge in [-0.05, 0) is 51.0 Å². The number of phenols is 1. The number of likely N-dealkylation sites (tertiary alicyclic amines) is 1. The van der Waals surface area contributed by atoms with Gasteiger partial charge in [-0.15, -0.1) is 0 Å². The Hall–Kier alpha value is -1.75. The molecular formula is C15H22N2O3. The van der Waals surface area contributed by atoms with E-state index in [9.17, 15) is 9.90 Å². The number of methoxy groups -OCH3 is 1. The summed E-state index contributed by atoms with van der Waals surface area (Å²) in [7, 11) is 1.48. The Kier molecular flexibility index (Phi) is 5.24. The summed E-state index contributed by atoms with van der Waals surface area (Å²) in [6.45, 7) is 3.32. The van der Waals surface area contributed by atoms with Gasteiger partial charge in [0.2, 0.25) is 5.91 Å². The topological polar surface area (TPSA) is 61.8 Å². The van der Waals surface area contributed by atoms with Gasteiger partial charge in [0.1, 0.15) is 0 Å². The van der Waals surface area contributed by atoms with E-state index in [4.69, 9.17) is 4.74 Å². The third-order valence-electron chi connectivity index (χ3n) is 3.54. The second-order valence-electron chi connectivity index (χ2n) is 5.09. The number of anilines is 1. The summed E-state index contributed by atoms with van der Waals surface area (Å²) in [4.78, 5) is 14.2. The van der Waals surface area contributed by atoms with Crippen LogP contribution >= 0.6 is 0 Å². The van der Waals surface area contributed by atoms with Crippen molar-refractivity contribution in [1.29, 1.82) is 0 Å². The Bertz CT molecular complexity index is 456. The van der Waals surface area contributed by atoms with Gasteiger partial charge < -0.3 is 20.1 Å². The number of aromatic hydroxyl groups is 1. The fourth-order valence-electron chi connectivity index (χ4n) is 2.45. The van der Waals surface area contributed by atoms with Crippen LogP contribution in [0.1, 0.15) is 25.7 Å². The van der Waals surface area contributed by atoms with Crippen LogP contribution in [-0.4, -0.2) is 42.7 Å². The second kappa shape index (κ2) is 7.14. The van der Waals surface area contributed by atoms with E-state index >= 15 is 0 Å². The Morgan fingerprint density at radius 2 is 2.15 bits per heavy atom. The molecule has 1 amide bonds. The fraction of sp³-hybridized carbons (Fsp3) is 0.533. The van der Waals surface area contributed by atoms with E-state index in [-0.39, 0.29) is 11.7 Å². The minimum atomic E-state index is -0.00283. The number of hydrogen-bond acceptors (Lipinski definition) is 4. The van der Waals surface area contributed by atoms with Crippen LogP contribution in [0.5, 0.6) is 11.5 Å². The number of nitrogens with zero attached hydrogens (tertiary/aromatic N) is 1. The van der Waals surface area contributed by atoms with Crippen molar-refractivity contribution in [3.8, 4) is 11.5 Å². The third-order valence-corrected chi connectivity index (χ3v) is 3.54. The smallest absolute Gasteiger partial charge is 0.224 e. The zero-order valence-corrected chi connectivity index (χ0v) is 11.9. The Morgan fingerprint density at radius 3 is 2.85 bits per heavy atom. The summed E-state index contributed by atoms with van der Waals surface area (Å²) in [5.74, 6) is 0.427. The Balaban J connectivity index is 1.76. The van der Waals surface area contributed by atoms with Crippen molar-refractivity contribution in [2.24, 2.45) is 0 Å². The largest absolute Gasteiger partial charge is 0.504 e. The van der Waals surface area contributed by atoms with Crippen LogP contribution in [0.2, 0.25) is 0 Å². The third kappa shape index (κ3) is 4.13. The monoisotopic (exact) mass is 278 g/mol. The van der Waals surface area contributed by atoms with E-state index in [0.717, 1.165) is 26.1 Å². The number of hydrogen-bond donors (Lipinski definition) is 2. The van der Waals surface area contributed by atoms with E-state index in [1.807, 2.05) is 0 Å². The molecule has 2 rings (SSSR count). The standard InChI is InChI=1S/C15H22N2O3/c1-20-14-11-12(6-7-13(14)18)16-15(19)5-4-10-17-8-2-3-9-17/h6-7,11,18H,2-5,8-10H2,1H3,(H,16,19). The lowest BCUT2D eigenvalue weighted by molar-refractivity contribution is -0.116. The summed E-state index contributed by atoms with van der Waals surface area (Å²) in [5, 5.41) is 12.3. The number of phenolic OH excluding ortho intramolecular Hbond substituents is 1. The molecule has 1 aromatic rings. The van der Waals surface area contributed by atoms with E-state index in [2.05, 4.69) is 10.2 Å². The second-order valence-corrected chi connectivity index (χ2v) is 5.09. The maximum Gasteiger partial charge on any atom is 0.224 e. The maximum absolute atomic E-state index is 11.8. The fourth-order valence-corrected chi connectivity index (χ4v) is 2.45. The van der Waals surface area contributed by atoms with Crippen molar-refractivity contribution in [2.45, 2.75) is 25.7 Å². The van der Waals surface area contributed by atoms with E-state index in [0.29, 0.717) is 17.9 Å². The highest BCUT2D eigenvalue weighted by Crippen LogP contribution is 2.28. The minimum Gasteiger partial charge on any atom is -0.504 e. The van der Waals surface area contributed by atoms with Crippen LogP contribution in [0.15, 0.2) is 18.2 Å². The van der Waals surface area contributed by atoms with E-state index in [1.54, 1.807) is 12.1 Å². The summed E-state index contributed by atoms with van der Waals surface area (Å²) in [6, 6.07) is 4.79. The maximum atomic E-state index is 11.8. The van der Waals surface area contributed by atoms with Gasteiger partial charge in [0, 0.05) is 18.2 Å². The van der Waals surface area contributed by atoms with E-state index < -0.39 is 0 Å². The van der Waals surface area contributed by atoms with Crippen LogP contribution < -0.4 is 10.1 Å². The predicted octanol–water partition coefficient (Wildman–Crippen LogP) is 2.22. The number of carbonyl (C=O) groups excluding carboxylic acids is 1. The molecule has 0 aliphatic carbocycles. The number of carbonyl (C=O) groups is 1. The molecule has 1 aliphatic rings. The molecule has 5 nitrogen and oxygen atoms in total. The quantitative estimate of drug-likeness (QED) is 0.783. The number of rotatable bonds is 6. The van der Waals surface area contributed by atoms with Crippen molar-refractivity contribution in [3.63, 3.8) is 0 Å². The molecule has 1 fully saturated rings. The lowest BCUT2D eigenvalue weighted by Gasteiger charge is -2.14. The summed E-state index contributed by atoms with van der Waals surface area (Å²) < 4.78 is 5.01. The van der Waals surface area contributed by atoms with Gasteiger partial charge in [0.15, 0.2) is 11.5 Å². The highest BCUT2D eigenvalue weighted by atomic mass is 16.5. The van der Waals surface area contributed by atoms with Crippen LogP contribution in [0, 0.1) is 0 Å². The molecule has 20 heavy (non-hydrogen) atoms. The molecule has 0 unspecified atom stereocenters. The van der Waals surface area contributed by atoms with E-state index in [1.165, 1.54) is 26.0 Å². The number of benzene rings is 1. The average molecular weight is 278 g/mol. The first-order chi connectivity index (χ1) is 9.69. The molecule has 0 aromatic heterocycles. The van der Waals surface area contributed by atoms with Crippen molar-refractivity contribution in [2.75, 3.05) is 32.1 Å². The van der Waals surface area contributed by atoms with Gasteiger partial charge in [-0.3, -0.25) is 4.79 Å². The lowest BCUT2D eigenvalue weighted by atomic mass is 10.2. The molecule has 1 aliphatic heterocycles. The molecule has 0 saturated carbocycles. The summed E-state index contributed by atoms with van der Waals surface area (Å²) >= 11 is 0. The number of ether oxygens (including phenoxy) is 1. The average Bonchev–Trinajstić information content (AvgIpc) is 2.94. The first-order valence-electron chi connectivity index (χ1n) is 7.08. The Morgan fingerprint density at radius 1 is 1.40 bits per heavy atom. The van der Waals surface area contributed by atoms with Crippen LogP contribution in [0.4, 0.5) is 5.69 Å². The van der Waals surface area contributed by atoms with Crippen molar-refractivity contribution in [1.82, 2.24) is 4.90 Å². The van der Waals surface area contributed by atoms with Gasteiger partial charge in [0.05, 0.1) is 7.11 Å². The van der Waals surface area contributed by atoms with Gasteiger partial charge in [-0.2, -0.15) is 0 Å². The first kappa shape index (κ1) is 14.7. The van der Waals surface area contributed by atoms with Crippen molar-refractivity contribution >= 4 is 11.6 Å². The van der Waals surface area contributed by atoms with Gasteiger partial charge in [0.25, 0.3) is 0 Å². The van der Waals surface area contributed by atoms with Crippen LogP contribution in [0.3, 0.4) is 0 Å². The molecule has 110 valence electrons. The molecule has 1 heterocycles. The highest BCUT2D eigenvalue weighted by molar-refractivity contribution is 5.91. The van der Waals surface area contributed by atoms with Gasteiger partial charge in [-0.25, -0.2) is 0 Å². The van der Waals surface area contributed by atoms with Crippen molar-refractivity contribution in [3.05, 3.63) is 18.2 Å². The molecule has 2 N–H and O–H groups in total. The predicted molar refractivity (Wildman–Crippen MR) is 78.2 cm³/mol. The molecular weight excluding hydrogens is 256 g/mol. The molecule has 5 heteroatoms. The normalized spacial score (nSPS) is 15.2. The SMILES string of the molecule is COc1cc(NC(=O)CCCN2CCCC2)ccc1O. The molecule has 0 atom stereocenters. The number of amides is 1. The highest BCUT2D eigenvalue weighted by Gasteiger charge is 2.12. The first-order valence-corrected chi connectivity index (χ1v) is 7.08. The summed E-state index contributed by atoms with van der Waals surface area (Å²) in [6.07, 6.45) is 3.94. The van der Waals surface area contributed by atoms with Gasteiger partial charge in [-0.1, -0.05) is 0 Å².